The van der Waals surface area contributed by atoms with Crippen molar-refractivity contribution in [2.75, 3.05) is 6.61 Å². The summed E-state index contributed by atoms with van der Waals surface area (Å²) in [6, 6.07) is 8.71. The summed E-state index contributed by atoms with van der Waals surface area (Å²) in [5, 5.41) is 0. The summed E-state index contributed by atoms with van der Waals surface area (Å²) < 4.78 is 4.67. The second kappa shape index (κ2) is 8.65. The SMILES string of the molecule is CC.CCOC(=O)CC(=O)c1ccccc1. The molecule has 0 saturated carbocycles. The molecule has 0 saturated heterocycles. The first-order valence-corrected chi connectivity index (χ1v) is 5.48. The molecule has 0 heterocycles. The van der Waals surface area contributed by atoms with Gasteiger partial charge in [0.15, 0.2) is 5.78 Å². The molecule has 1 aromatic rings. The number of esters is 1. The second-order valence-electron chi connectivity index (χ2n) is 2.77. The van der Waals surface area contributed by atoms with Crippen molar-refractivity contribution in [3.8, 4) is 0 Å². The van der Waals surface area contributed by atoms with E-state index in [0.29, 0.717) is 12.2 Å². The zero-order valence-electron chi connectivity index (χ0n) is 10.0. The molecule has 0 N–H and O–H groups in total. The number of hydrogen-bond acceptors (Lipinski definition) is 3. The van der Waals surface area contributed by atoms with E-state index in [-0.39, 0.29) is 12.2 Å². The molecule has 0 aliphatic rings. The second-order valence-corrected chi connectivity index (χ2v) is 2.77. The van der Waals surface area contributed by atoms with E-state index in [9.17, 15) is 9.59 Å². The van der Waals surface area contributed by atoms with Crippen molar-refractivity contribution in [3.63, 3.8) is 0 Å². The fourth-order valence-electron chi connectivity index (χ4n) is 1.07. The number of Topliss-reactive ketones (excluding diaryl/α,β-unsaturated/α-hetero) is 1. The summed E-state index contributed by atoms with van der Waals surface area (Å²) in [5.74, 6) is -0.676. The van der Waals surface area contributed by atoms with Gasteiger partial charge in [0, 0.05) is 5.56 Å². The van der Waals surface area contributed by atoms with Crippen LogP contribution in [0.5, 0.6) is 0 Å². The Hall–Kier alpha value is -1.64. The predicted molar refractivity (Wildman–Crippen MR) is 63.4 cm³/mol. The van der Waals surface area contributed by atoms with Gasteiger partial charge in [-0.3, -0.25) is 9.59 Å². The molecule has 16 heavy (non-hydrogen) atoms. The molecule has 1 rings (SSSR count). The van der Waals surface area contributed by atoms with Gasteiger partial charge in [0.05, 0.1) is 6.61 Å². The van der Waals surface area contributed by atoms with Gasteiger partial charge in [-0.2, -0.15) is 0 Å². The van der Waals surface area contributed by atoms with Gasteiger partial charge in [-0.05, 0) is 6.92 Å². The van der Waals surface area contributed by atoms with Crippen molar-refractivity contribution < 1.29 is 14.3 Å². The monoisotopic (exact) mass is 222 g/mol. The molecule has 3 heteroatoms. The van der Waals surface area contributed by atoms with Crippen LogP contribution in [-0.4, -0.2) is 18.4 Å². The normalized spacial score (nSPS) is 8.69. The van der Waals surface area contributed by atoms with Gasteiger partial charge >= 0.3 is 5.97 Å². The number of carbonyl (C=O) groups excluding carboxylic acids is 2. The lowest BCUT2D eigenvalue weighted by atomic mass is 10.1. The van der Waals surface area contributed by atoms with Gasteiger partial charge in [0.25, 0.3) is 0 Å². The topological polar surface area (TPSA) is 43.4 Å². The molecule has 0 amide bonds. The van der Waals surface area contributed by atoms with Crippen molar-refractivity contribution in [2.45, 2.75) is 27.2 Å². The standard InChI is InChI=1S/C11H12O3.C2H6/c1-2-14-11(13)8-10(12)9-6-4-3-5-7-9;1-2/h3-7H,2,8H2,1H3;1-2H3. The van der Waals surface area contributed by atoms with Crippen LogP contribution in [0, 0.1) is 0 Å². The van der Waals surface area contributed by atoms with Crippen LogP contribution >= 0.6 is 0 Å². The van der Waals surface area contributed by atoms with Crippen LogP contribution in [0.2, 0.25) is 0 Å². The largest absolute Gasteiger partial charge is 0.466 e. The minimum absolute atomic E-state index is 0.183. The number of hydrogen-bond donors (Lipinski definition) is 0. The van der Waals surface area contributed by atoms with E-state index in [1.165, 1.54) is 0 Å². The number of rotatable bonds is 4. The van der Waals surface area contributed by atoms with Crippen LogP contribution in [0.4, 0.5) is 0 Å². The average molecular weight is 222 g/mol. The highest BCUT2D eigenvalue weighted by molar-refractivity contribution is 6.05. The van der Waals surface area contributed by atoms with Crippen LogP contribution in [-0.2, 0) is 9.53 Å². The lowest BCUT2D eigenvalue weighted by Crippen LogP contribution is -2.11. The third kappa shape index (κ3) is 5.29. The van der Waals surface area contributed by atoms with E-state index >= 15 is 0 Å². The van der Waals surface area contributed by atoms with Gasteiger partial charge in [-0.25, -0.2) is 0 Å². The molecule has 0 radical (unpaired) electrons. The smallest absolute Gasteiger partial charge is 0.313 e. The van der Waals surface area contributed by atoms with Crippen molar-refractivity contribution in [3.05, 3.63) is 35.9 Å². The molecule has 0 aliphatic carbocycles. The Labute approximate surface area is 96.4 Å². The molecule has 0 aromatic heterocycles. The first kappa shape index (κ1) is 14.4. The molecular formula is C13H18O3. The van der Waals surface area contributed by atoms with Crippen molar-refractivity contribution in [1.82, 2.24) is 0 Å². The molecule has 0 atom stereocenters. The summed E-state index contributed by atoms with van der Waals surface area (Å²) in [7, 11) is 0. The summed E-state index contributed by atoms with van der Waals surface area (Å²) in [4.78, 5) is 22.4. The number of benzene rings is 1. The van der Waals surface area contributed by atoms with E-state index in [4.69, 9.17) is 0 Å². The fourth-order valence-corrected chi connectivity index (χ4v) is 1.07. The first-order chi connectivity index (χ1) is 7.74. The molecule has 3 nitrogen and oxygen atoms in total. The highest BCUT2D eigenvalue weighted by atomic mass is 16.5. The third-order valence-corrected chi connectivity index (χ3v) is 1.71. The third-order valence-electron chi connectivity index (χ3n) is 1.71. The highest BCUT2D eigenvalue weighted by Crippen LogP contribution is 2.03. The van der Waals surface area contributed by atoms with E-state index in [2.05, 4.69) is 4.74 Å². The Bertz CT molecular complexity index is 317. The lowest BCUT2D eigenvalue weighted by molar-refractivity contribution is -0.141. The van der Waals surface area contributed by atoms with Crippen molar-refractivity contribution >= 4 is 11.8 Å². The van der Waals surface area contributed by atoms with Gasteiger partial charge in [0.1, 0.15) is 6.42 Å². The molecule has 0 spiro atoms. The van der Waals surface area contributed by atoms with Gasteiger partial charge in [-0.1, -0.05) is 44.2 Å². The summed E-state index contributed by atoms with van der Waals surface area (Å²) in [5.41, 5.74) is 0.542. The molecule has 0 bridgehead atoms. The quantitative estimate of drug-likeness (QED) is 0.447. The maximum atomic E-state index is 11.4. The van der Waals surface area contributed by atoms with Crippen LogP contribution in [0.3, 0.4) is 0 Å². The van der Waals surface area contributed by atoms with Gasteiger partial charge < -0.3 is 4.74 Å². The van der Waals surface area contributed by atoms with Crippen LogP contribution < -0.4 is 0 Å². The maximum absolute atomic E-state index is 11.4. The first-order valence-electron chi connectivity index (χ1n) is 5.48. The minimum atomic E-state index is -0.471. The fraction of sp³-hybridized carbons (Fsp3) is 0.385. The lowest BCUT2D eigenvalue weighted by Gasteiger charge is -2.00. The maximum Gasteiger partial charge on any atom is 0.313 e. The van der Waals surface area contributed by atoms with E-state index in [0.717, 1.165) is 0 Å². The molecule has 0 unspecified atom stereocenters. The summed E-state index contributed by atoms with van der Waals surface area (Å²) in [6.45, 7) is 6.02. The van der Waals surface area contributed by atoms with Gasteiger partial charge in [-0.15, -0.1) is 0 Å². The average Bonchev–Trinajstić information content (AvgIpc) is 2.33. The Morgan fingerprint density at radius 1 is 1.12 bits per heavy atom. The van der Waals surface area contributed by atoms with Crippen LogP contribution in [0.15, 0.2) is 30.3 Å². The number of ketones is 1. The highest BCUT2D eigenvalue weighted by Gasteiger charge is 2.11. The minimum Gasteiger partial charge on any atom is -0.466 e. The summed E-state index contributed by atoms with van der Waals surface area (Å²) >= 11 is 0. The molecule has 1 aromatic carbocycles. The zero-order chi connectivity index (χ0) is 12.4. The number of ether oxygens (including phenoxy) is 1. The number of carbonyl (C=O) groups is 2. The van der Waals surface area contributed by atoms with E-state index in [1.54, 1.807) is 31.2 Å². The van der Waals surface area contributed by atoms with Crippen molar-refractivity contribution in [1.29, 1.82) is 0 Å². The molecule has 0 fully saturated rings. The summed E-state index contributed by atoms with van der Waals surface area (Å²) in [6.07, 6.45) is -0.183. The Morgan fingerprint density at radius 3 is 2.19 bits per heavy atom. The Morgan fingerprint density at radius 2 is 1.69 bits per heavy atom. The van der Waals surface area contributed by atoms with Gasteiger partial charge in [0.2, 0.25) is 0 Å². The Balaban J connectivity index is 0.00000106. The zero-order valence-corrected chi connectivity index (χ0v) is 10.0. The molecule has 0 aliphatic heterocycles. The van der Waals surface area contributed by atoms with Crippen LogP contribution in [0.25, 0.3) is 0 Å². The van der Waals surface area contributed by atoms with Crippen LogP contribution in [0.1, 0.15) is 37.6 Å². The molecule has 88 valence electrons. The Kier molecular flexibility index (Phi) is 7.76. The van der Waals surface area contributed by atoms with E-state index in [1.807, 2.05) is 19.9 Å². The molecular weight excluding hydrogens is 204 g/mol. The van der Waals surface area contributed by atoms with E-state index < -0.39 is 5.97 Å². The predicted octanol–water partition coefficient (Wildman–Crippen LogP) is 2.85. The van der Waals surface area contributed by atoms with Crippen molar-refractivity contribution in [2.24, 2.45) is 0 Å².